The van der Waals surface area contributed by atoms with Gasteiger partial charge in [-0.15, -0.1) is 0 Å². The first kappa shape index (κ1) is 13.2. The standard InChI is InChI=1S/C17H16N2O3/c20-13(18-12-4-2-1-3-5-12)9-19-16(21)14-10-6-7-11(8-10)15(14)17(19)22/h1-7,10-11,14-15H,8-9H2,(H,18,20). The Bertz CT molecular complexity index is 652. The first-order valence-electron chi connectivity index (χ1n) is 7.53. The van der Waals surface area contributed by atoms with Crippen molar-refractivity contribution in [2.45, 2.75) is 6.42 Å². The van der Waals surface area contributed by atoms with Gasteiger partial charge in [-0.25, -0.2) is 0 Å². The summed E-state index contributed by atoms with van der Waals surface area (Å²) in [5.41, 5.74) is 0.661. The summed E-state index contributed by atoms with van der Waals surface area (Å²) in [6.45, 7) is -0.195. The van der Waals surface area contributed by atoms with E-state index in [-0.39, 0.29) is 47.9 Å². The largest absolute Gasteiger partial charge is 0.325 e. The quantitative estimate of drug-likeness (QED) is 0.678. The number of hydrogen-bond donors (Lipinski definition) is 1. The lowest BCUT2D eigenvalue weighted by molar-refractivity contribution is -0.143. The summed E-state index contributed by atoms with van der Waals surface area (Å²) in [6.07, 6.45) is 4.99. The molecule has 1 heterocycles. The van der Waals surface area contributed by atoms with Gasteiger partial charge in [0.15, 0.2) is 0 Å². The van der Waals surface area contributed by atoms with Crippen molar-refractivity contribution in [2.24, 2.45) is 23.7 Å². The van der Waals surface area contributed by atoms with Gasteiger partial charge < -0.3 is 5.32 Å². The second-order valence-electron chi connectivity index (χ2n) is 6.18. The van der Waals surface area contributed by atoms with Gasteiger partial charge in [-0.05, 0) is 30.4 Å². The predicted octanol–water partition coefficient (Wildman–Crippen LogP) is 1.43. The van der Waals surface area contributed by atoms with Crippen molar-refractivity contribution in [2.75, 3.05) is 11.9 Å². The average molecular weight is 296 g/mol. The first-order valence-corrected chi connectivity index (χ1v) is 7.53. The van der Waals surface area contributed by atoms with Crippen LogP contribution in [0.3, 0.4) is 0 Å². The summed E-state index contributed by atoms with van der Waals surface area (Å²) in [7, 11) is 0. The van der Waals surface area contributed by atoms with Gasteiger partial charge in [0.1, 0.15) is 6.54 Å². The summed E-state index contributed by atoms with van der Waals surface area (Å²) < 4.78 is 0. The summed E-state index contributed by atoms with van der Waals surface area (Å²) in [5.74, 6) is -0.848. The number of carbonyl (C=O) groups excluding carboxylic acids is 3. The Morgan fingerprint density at radius 2 is 1.64 bits per heavy atom. The zero-order valence-electron chi connectivity index (χ0n) is 11.9. The molecule has 1 N–H and O–H groups in total. The molecule has 1 aliphatic heterocycles. The van der Waals surface area contributed by atoms with E-state index in [0.29, 0.717) is 5.69 Å². The normalized spacial score (nSPS) is 31.7. The molecule has 1 aromatic rings. The van der Waals surface area contributed by atoms with Crippen molar-refractivity contribution in [3.05, 3.63) is 42.5 Å². The van der Waals surface area contributed by atoms with Crippen LogP contribution in [0.25, 0.3) is 0 Å². The Hall–Kier alpha value is -2.43. The molecule has 0 spiro atoms. The molecule has 4 atom stereocenters. The Balaban J connectivity index is 1.47. The Morgan fingerprint density at radius 1 is 1.05 bits per heavy atom. The molecule has 3 aliphatic rings. The third-order valence-electron chi connectivity index (χ3n) is 4.92. The lowest BCUT2D eigenvalue weighted by atomic mass is 9.85. The molecule has 1 aromatic carbocycles. The second kappa shape index (κ2) is 4.80. The maximum atomic E-state index is 12.5. The van der Waals surface area contributed by atoms with Crippen molar-refractivity contribution in [1.82, 2.24) is 4.90 Å². The molecule has 2 bridgehead atoms. The van der Waals surface area contributed by atoms with Crippen LogP contribution in [0, 0.1) is 23.7 Å². The van der Waals surface area contributed by atoms with Crippen LogP contribution in [-0.2, 0) is 14.4 Å². The van der Waals surface area contributed by atoms with E-state index in [1.165, 1.54) is 0 Å². The molecule has 112 valence electrons. The molecule has 2 fully saturated rings. The minimum absolute atomic E-state index is 0.175. The van der Waals surface area contributed by atoms with Gasteiger partial charge in [-0.2, -0.15) is 0 Å². The van der Waals surface area contributed by atoms with E-state index < -0.39 is 0 Å². The van der Waals surface area contributed by atoms with Gasteiger partial charge >= 0.3 is 0 Å². The Kier molecular flexibility index (Phi) is 2.89. The number of amides is 3. The van der Waals surface area contributed by atoms with Crippen LogP contribution >= 0.6 is 0 Å². The van der Waals surface area contributed by atoms with Gasteiger partial charge in [0.2, 0.25) is 17.7 Å². The van der Waals surface area contributed by atoms with Crippen molar-refractivity contribution in [1.29, 1.82) is 0 Å². The topological polar surface area (TPSA) is 66.5 Å². The van der Waals surface area contributed by atoms with Crippen LogP contribution in [0.5, 0.6) is 0 Å². The maximum Gasteiger partial charge on any atom is 0.244 e. The van der Waals surface area contributed by atoms with Crippen molar-refractivity contribution in [3.8, 4) is 0 Å². The first-order chi connectivity index (χ1) is 10.6. The van der Waals surface area contributed by atoms with E-state index >= 15 is 0 Å². The van der Waals surface area contributed by atoms with E-state index in [1.54, 1.807) is 12.1 Å². The fourth-order valence-corrected chi connectivity index (χ4v) is 3.99. The van der Waals surface area contributed by atoms with Gasteiger partial charge in [0.05, 0.1) is 11.8 Å². The maximum absolute atomic E-state index is 12.5. The van der Waals surface area contributed by atoms with E-state index in [0.717, 1.165) is 11.3 Å². The van der Waals surface area contributed by atoms with Crippen LogP contribution in [0.2, 0.25) is 0 Å². The zero-order chi connectivity index (χ0) is 15.3. The monoisotopic (exact) mass is 296 g/mol. The molecule has 2 aliphatic carbocycles. The molecule has 1 saturated carbocycles. The summed E-state index contributed by atoms with van der Waals surface area (Å²) in [5, 5.41) is 2.71. The second-order valence-corrected chi connectivity index (χ2v) is 6.18. The van der Waals surface area contributed by atoms with Gasteiger partial charge in [0.25, 0.3) is 0 Å². The van der Waals surface area contributed by atoms with E-state index in [2.05, 4.69) is 5.32 Å². The van der Waals surface area contributed by atoms with Crippen LogP contribution in [0.15, 0.2) is 42.5 Å². The molecule has 3 amide bonds. The number of benzene rings is 1. The molecule has 1 saturated heterocycles. The predicted molar refractivity (Wildman–Crippen MR) is 79.5 cm³/mol. The highest BCUT2D eigenvalue weighted by molar-refractivity contribution is 6.09. The Labute approximate surface area is 128 Å². The van der Waals surface area contributed by atoms with Gasteiger partial charge in [-0.3, -0.25) is 19.3 Å². The summed E-state index contributed by atoms with van der Waals surface area (Å²) >= 11 is 0. The molecule has 4 unspecified atom stereocenters. The lowest BCUT2D eigenvalue weighted by Crippen LogP contribution is -2.39. The summed E-state index contributed by atoms with van der Waals surface area (Å²) in [6, 6.07) is 9.02. The molecule has 5 heteroatoms. The number of imide groups is 1. The SMILES string of the molecule is O=C(CN1C(=O)C2C3C=CC(C3)C2C1=O)Nc1ccccc1. The minimum Gasteiger partial charge on any atom is -0.325 e. The number of para-hydroxylation sites is 1. The van der Waals surface area contributed by atoms with Crippen molar-refractivity contribution < 1.29 is 14.4 Å². The van der Waals surface area contributed by atoms with Gasteiger partial charge in [-0.1, -0.05) is 30.4 Å². The third-order valence-corrected chi connectivity index (χ3v) is 4.92. The third kappa shape index (κ3) is 1.89. The summed E-state index contributed by atoms with van der Waals surface area (Å²) in [4.78, 5) is 38.2. The van der Waals surface area contributed by atoms with E-state index in [1.807, 2.05) is 30.4 Å². The molecular formula is C17H16N2O3. The Morgan fingerprint density at radius 3 is 2.23 bits per heavy atom. The molecular weight excluding hydrogens is 280 g/mol. The number of nitrogens with zero attached hydrogens (tertiary/aromatic N) is 1. The van der Waals surface area contributed by atoms with Crippen molar-refractivity contribution in [3.63, 3.8) is 0 Å². The van der Waals surface area contributed by atoms with Crippen LogP contribution in [0.4, 0.5) is 5.69 Å². The molecule has 0 aromatic heterocycles. The minimum atomic E-state index is -0.340. The highest BCUT2D eigenvalue weighted by Crippen LogP contribution is 2.52. The lowest BCUT2D eigenvalue weighted by Gasteiger charge is -2.16. The number of anilines is 1. The van der Waals surface area contributed by atoms with Crippen LogP contribution in [-0.4, -0.2) is 29.2 Å². The number of allylic oxidation sites excluding steroid dienone is 2. The molecule has 22 heavy (non-hydrogen) atoms. The molecule has 5 nitrogen and oxygen atoms in total. The smallest absolute Gasteiger partial charge is 0.244 e. The van der Waals surface area contributed by atoms with Crippen molar-refractivity contribution >= 4 is 23.4 Å². The zero-order valence-corrected chi connectivity index (χ0v) is 11.9. The average Bonchev–Trinajstić information content (AvgIpc) is 3.18. The number of likely N-dealkylation sites (tertiary alicyclic amines) is 1. The van der Waals surface area contributed by atoms with Crippen LogP contribution in [0.1, 0.15) is 6.42 Å². The van der Waals surface area contributed by atoms with E-state index in [9.17, 15) is 14.4 Å². The van der Waals surface area contributed by atoms with Gasteiger partial charge in [0, 0.05) is 5.69 Å². The number of rotatable bonds is 3. The highest BCUT2D eigenvalue weighted by atomic mass is 16.2. The number of nitrogens with one attached hydrogen (secondary N) is 1. The number of hydrogen-bond acceptors (Lipinski definition) is 3. The van der Waals surface area contributed by atoms with E-state index in [4.69, 9.17) is 0 Å². The van der Waals surface area contributed by atoms with Crippen LogP contribution < -0.4 is 5.32 Å². The molecule has 0 radical (unpaired) electrons. The molecule has 4 rings (SSSR count). The fraction of sp³-hybridized carbons (Fsp3) is 0.353. The highest BCUT2D eigenvalue weighted by Gasteiger charge is 2.59. The number of fused-ring (bicyclic) bond motifs is 5. The number of carbonyl (C=O) groups is 3. The fourth-order valence-electron chi connectivity index (χ4n) is 3.99.